The Hall–Kier alpha value is -3.90. The monoisotopic (exact) mass is 638 g/mol. The van der Waals surface area contributed by atoms with Crippen LogP contribution in [-0.2, 0) is 19.6 Å². The van der Waals surface area contributed by atoms with Crippen LogP contribution in [0.15, 0.2) is 95.0 Å². The molecule has 0 unspecified atom stereocenters. The van der Waals surface area contributed by atoms with Crippen LogP contribution in [-0.4, -0.2) is 80.4 Å². The van der Waals surface area contributed by atoms with Crippen LogP contribution in [0, 0.1) is 0 Å². The molecule has 3 aromatic carbocycles. The molecule has 0 radical (unpaired) electrons. The Morgan fingerprint density at radius 1 is 0.932 bits per heavy atom. The third kappa shape index (κ3) is 6.91. The molecule has 0 aliphatic carbocycles. The highest BCUT2D eigenvalue weighted by atomic mass is 35.5. The lowest BCUT2D eigenvalue weighted by Gasteiger charge is -2.40. The molecule has 1 fully saturated rings. The van der Waals surface area contributed by atoms with Gasteiger partial charge in [-0.15, -0.1) is 0 Å². The predicted octanol–water partition coefficient (Wildman–Crippen LogP) is 5.04. The van der Waals surface area contributed by atoms with E-state index in [1.807, 2.05) is 55.5 Å². The third-order valence-corrected chi connectivity index (χ3v) is 9.74. The Kier molecular flexibility index (Phi) is 9.90. The molecule has 0 aromatic heterocycles. The summed E-state index contributed by atoms with van der Waals surface area (Å²) >= 11 is 5.95. The van der Waals surface area contributed by atoms with Crippen LogP contribution >= 0.6 is 11.6 Å². The van der Waals surface area contributed by atoms with E-state index in [0.29, 0.717) is 53.0 Å². The third-order valence-electron chi connectivity index (χ3n) is 7.58. The fourth-order valence-corrected chi connectivity index (χ4v) is 6.93. The number of piperazine rings is 1. The maximum atomic E-state index is 13.5. The van der Waals surface area contributed by atoms with Crippen molar-refractivity contribution in [2.75, 3.05) is 45.9 Å². The second-order valence-electron chi connectivity index (χ2n) is 10.3. The van der Waals surface area contributed by atoms with Crippen molar-refractivity contribution in [2.24, 2.45) is 0 Å². The minimum absolute atomic E-state index is 0.167. The van der Waals surface area contributed by atoms with Gasteiger partial charge in [-0.1, -0.05) is 41.9 Å². The first-order chi connectivity index (χ1) is 21.2. The number of benzene rings is 3. The van der Waals surface area contributed by atoms with Gasteiger partial charge in [0.1, 0.15) is 11.5 Å². The number of carbonyl (C=O) groups is 2. The summed E-state index contributed by atoms with van der Waals surface area (Å²) in [6, 6.07) is 21.6. The van der Waals surface area contributed by atoms with Crippen molar-refractivity contribution in [1.82, 2.24) is 19.4 Å². The molecule has 0 saturated carbocycles. The van der Waals surface area contributed by atoms with E-state index in [1.54, 1.807) is 30.0 Å². The van der Waals surface area contributed by atoms with Crippen LogP contribution in [0.2, 0.25) is 5.02 Å². The molecule has 1 atom stereocenters. The minimum Gasteiger partial charge on any atom is -0.463 e. The van der Waals surface area contributed by atoms with Crippen molar-refractivity contribution < 1.29 is 27.5 Å². The summed E-state index contributed by atoms with van der Waals surface area (Å²) in [6.07, 6.45) is 0. The smallest absolute Gasteiger partial charge is 0.338 e. The Labute approximate surface area is 262 Å². The number of nitrogens with zero attached hydrogens (tertiary/aromatic N) is 3. The normalized spacial score (nSPS) is 18.2. The van der Waals surface area contributed by atoms with Gasteiger partial charge in [0, 0.05) is 50.0 Å². The van der Waals surface area contributed by atoms with Gasteiger partial charge in [-0.3, -0.25) is 9.80 Å². The maximum absolute atomic E-state index is 13.5. The molecule has 2 aliphatic rings. The van der Waals surface area contributed by atoms with E-state index in [2.05, 4.69) is 10.2 Å². The quantitative estimate of drug-likeness (QED) is 0.310. The molecule has 0 bridgehead atoms. The molecule has 0 spiro atoms. The second kappa shape index (κ2) is 13.8. The summed E-state index contributed by atoms with van der Waals surface area (Å²) < 4.78 is 39.4. The minimum atomic E-state index is -3.69. The number of nitrogens with one attached hydrogen (secondary N) is 1. The average molecular weight is 639 g/mol. The van der Waals surface area contributed by atoms with Crippen LogP contribution in [0.3, 0.4) is 0 Å². The number of esters is 1. The lowest BCUT2D eigenvalue weighted by Crippen LogP contribution is -2.53. The number of urea groups is 1. The molecule has 232 valence electrons. The van der Waals surface area contributed by atoms with Crippen molar-refractivity contribution in [2.45, 2.75) is 24.8 Å². The summed E-state index contributed by atoms with van der Waals surface area (Å²) in [5.74, 6) is 0.696. The number of hydrogen-bond acceptors (Lipinski definition) is 7. The zero-order valence-corrected chi connectivity index (χ0v) is 26.2. The molecule has 1 N–H and O–H groups in total. The standard InChI is InChI=1S/C32H35ClN4O6S/c1-3-37-28(22-35-17-19-36(20-18-35)44(40,41)27-15-13-24(33)14-16-27)29(31(38)42-4-2)30(34-32(37)39)23-9-8-12-26(21-23)43-25-10-6-5-7-11-25/h5-16,21,30H,3-4,17-20,22H2,1-2H3,(H,34,39)/t30-/m1/s1. The molecule has 3 aromatic rings. The van der Waals surface area contributed by atoms with Crippen molar-refractivity contribution in [3.63, 3.8) is 0 Å². The van der Waals surface area contributed by atoms with Crippen molar-refractivity contribution in [3.05, 3.63) is 101 Å². The molecule has 2 heterocycles. The van der Waals surface area contributed by atoms with Crippen molar-refractivity contribution in [1.29, 1.82) is 0 Å². The van der Waals surface area contributed by atoms with Crippen LogP contribution < -0.4 is 10.1 Å². The van der Waals surface area contributed by atoms with Gasteiger partial charge in [0.25, 0.3) is 0 Å². The Morgan fingerprint density at radius 2 is 1.61 bits per heavy atom. The summed E-state index contributed by atoms with van der Waals surface area (Å²) in [7, 11) is -3.69. The molecule has 2 aliphatic heterocycles. The van der Waals surface area contributed by atoms with E-state index in [4.69, 9.17) is 21.1 Å². The molecule has 44 heavy (non-hydrogen) atoms. The fourth-order valence-electron chi connectivity index (χ4n) is 5.39. The first-order valence-corrected chi connectivity index (χ1v) is 16.3. The van der Waals surface area contributed by atoms with E-state index in [0.717, 1.165) is 0 Å². The number of hydrogen-bond donors (Lipinski definition) is 1. The van der Waals surface area contributed by atoms with E-state index >= 15 is 0 Å². The Bertz CT molecular complexity index is 1620. The summed E-state index contributed by atoms with van der Waals surface area (Å²) in [5.41, 5.74) is 1.53. The Morgan fingerprint density at radius 3 is 2.27 bits per heavy atom. The van der Waals surface area contributed by atoms with Gasteiger partial charge in [0.05, 0.1) is 23.1 Å². The van der Waals surface area contributed by atoms with Gasteiger partial charge in [-0.05, 0) is 67.9 Å². The first-order valence-electron chi connectivity index (χ1n) is 14.5. The van der Waals surface area contributed by atoms with Gasteiger partial charge in [0.2, 0.25) is 10.0 Å². The highest BCUT2D eigenvalue weighted by Gasteiger charge is 2.39. The topological polar surface area (TPSA) is 108 Å². The highest BCUT2D eigenvalue weighted by molar-refractivity contribution is 7.89. The van der Waals surface area contributed by atoms with E-state index in [1.165, 1.54) is 16.4 Å². The van der Waals surface area contributed by atoms with Gasteiger partial charge in [-0.2, -0.15) is 4.31 Å². The molecule has 2 amide bonds. The first kappa shape index (κ1) is 31.5. The molecular weight excluding hydrogens is 604 g/mol. The van der Waals surface area contributed by atoms with Gasteiger partial charge >= 0.3 is 12.0 Å². The van der Waals surface area contributed by atoms with Crippen molar-refractivity contribution in [3.8, 4) is 11.5 Å². The molecule has 5 rings (SSSR count). The molecule has 10 nitrogen and oxygen atoms in total. The second-order valence-corrected chi connectivity index (χ2v) is 12.7. The zero-order valence-electron chi connectivity index (χ0n) is 24.6. The van der Waals surface area contributed by atoms with Gasteiger partial charge < -0.3 is 14.8 Å². The zero-order chi connectivity index (χ0) is 31.3. The number of ether oxygens (including phenoxy) is 2. The van der Waals surface area contributed by atoms with Crippen LogP contribution in [0.4, 0.5) is 4.79 Å². The molecule has 1 saturated heterocycles. The van der Waals surface area contributed by atoms with Gasteiger partial charge in [0.15, 0.2) is 0 Å². The van der Waals surface area contributed by atoms with E-state index in [9.17, 15) is 18.0 Å². The summed E-state index contributed by atoms with van der Waals surface area (Å²) in [5, 5.41) is 3.45. The SMILES string of the molecule is CCOC(=O)C1=C(CN2CCN(S(=O)(=O)c3ccc(Cl)cc3)CC2)N(CC)C(=O)N[C@@H]1c1cccc(Oc2ccccc2)c1. The lowest BCUT2D eigenvalue weighted by atomic mass is 9.94. The predicted molar refractivity (Wildman–Crippen MR) is 167 cm³/mol. The number of likely N-dealkylation sites (N-methyl/N-ethyl adjacent to an activating group) is 1. The van der Waals surface area contributed by atoms with Gasteiger partial charge in [-0.25, -0.2) is 18.0 Å². The maximum Gasteiger partial charge on any atom is 0.338 e. The fraction of sp³-hybridized carbons (Fsp3) is 0.312. The summed E-state index contributed by atoms with van der Waals surface area (Å²) in [4.78, 5) is 30.7. The van der Waals surface area contributed by atoms with E-state index in [-0.39, 0.29) is 37.2 Å². The molecule has 12 heteroatoms. The van der Waals surface area contributed by atoms with Crippen LogP contribution in [0.5, 0.6) is 11.5 Å². The molecular formula is C32H35ClN4O6S. The number of rotatable bonds is 10. The average Bonchev–Trinajstić information content (AvgIpc) is 3.02. The van der Waals surface area contributed by atoms with Crippen molar-refractivity contribution >= 4 is 33.6 Å². The number of para-hydroxylation sites is 1. The van der Waals surface area contributed by atoms with Crippen LogP contribution in [0.1, 0.15) is 25.5 Å². The highest BCUT2D eigenvalue weighted by Crippen LogP contribution is 2.34. The summed E-state index contributed by atoms with van der Waals surface area (Å²) in [6.45, 7) is 5.68. The largest absolute Gasteiger partial charge is 0.463 e. The number of halogens is 1. The lowest BCUT2D eigenvalue weighted by molar-refractivity contribution is -0.139. The van der Waals surface area contributed by atoms with E-state index < -0.39 is 22.0 Å². The van der Waals surface area contributed by atoms with Crippen LogP contribution in [0.25, 0.3) is 0 Å². The number of sulfonamides is 1. The number of amides is 2. The number of carbonyl (C=O) groups excluding carboxylic acids is 2. The Balaban J connectivity index is 1.42.